The van der Waals surface area contributed by atoms with Gasteiger partial charge >= 0.3 is 0 Å². The zero-order chi connectivity index (χ0) is 9.26. The predicted molar refractivity (Wildman–Crippen MR) is 46.3 cm³/mol. The number of aryl methyl sites for hydroxylation is 1. The molecule has 13 heavy (non-hydrogen) atoms. The molecule has 0 bridgehead atoms. The second kappa shape index (κ2) is 3.22. The fourth-order valence-corrected chi connectivity index (χ4v) is 1.10. The van der Waals surface area contributed by atoms with Gasteiger partial charge in [0.25, 0.3) is 5.89 Å². The third kappa shape index (κ3) is 1.45. The highest BCUT2D eigenvalue weighted by molar-refractivity contribution is 6.16. The molecule has 0 saturated carbocycles. The molecule has 0 radical (unpaired) electrons. The Morgan fingerprint density at radius 1 is 1.54 bits per heavy atom. The maximum atomic E-state index is 5.53. The van der Waals surface area contributed by atoms with Crippen molar-refractivity contribution in [2.24, 2.45) is 0 Å². The molecule has 0 aliphatic heterocycles. The average molecular weight is 199 g/mol. The number of alkyl halides is 1. The molecular weight excluding hydrogens is 192 g/mol. The molecule has 2 aromatic heterocycles. The fourth-order valence-electron chi connectivity index (χ4n) is 0.992. The summed E-state index contributed by atoms with van der Waals surface area (Å²) in [5, 5.41) is 3.65. The molecule has 0 amide bonds. The first kappa shape index (κ1) is 8.31. The third-order valence-corrected chi connectivity index (χ3v) is 1.88. The second-order valence-electron chi connectivity index (χ2n) is 2.58. The molecule has 0 spiro atoms. The van der Waals surface area contributed by atoms with Gasteiger partial charge in [0.2, 0.25) is 0 Å². The highest BCUT2D eigenvalue weighted by atomic mass is 35.5. The van der Waals surface area contributed by atoms with Crippen LogP contribution in [0.2, 0.25) is 0 Å². The summed E-state index contributed by atoms with van der Waals surface area (Å²) in [7, 11) is 0. The number of hydrogen-bond acceptors (Lipinski definition) is 4. The van der Waals surface area contributed by atoms with E-state index in [4.69, 9.17) is 20.5 Å². The van der Waals surface area contributed by atoms with Crippen LogP contribution in [0.1, 0.15) is 11.4 Å². The standard InChI is InChI=1S/C8H7ClN2O2/c1-5-2-3-12-7(5)8-10-6(4-9)11-13-8/h2-3H,4H2,1H3. The van der Waals surface area contributed by atoms with Crippen LogP contribution in [-0.4, -0.2) is 10.1 Å². The summed E-state index contributed by atoms with van der Waals surface area (Å²) in [5.41, 5.74) is 0.963. The molecule has 0 aliphatic carbocycles. The number of hydrogen-bond donors (Lipinski definition) is 0. The normalized spacial score (nSPS) is 10.6. The summed E-state index contributed by atoms with van der Waals surface area (Å²) >= 11 is 5.53. The van der Waals surface area contributed by atoms with Crippen molar-refractivity contribution >= 4 is 11.6 Å². The lowest BCUT2D eigenvalue weighted by Gasteiger charge is -1.87. The molecular formula is C8H7ClN2O2. The number of nitrogens with zero attached hydrogens (tertiary/aromatic N) is 2. The number of furan rings is 1. The van der Waals surface area contributed by atoms with Crippen LogP contribution in [0.25, 0.3) is 11.7 Å². The maximum Gasteiger partial charge on any atom is 0.293 e. The average Bonchev–Trinajstić information content (AvgIpc) is 2.71. The van der Waals surface area contributed by atoms with Crippen LogP contribution >= 0.6 is 11.6 Å². The molecule has 0 aliphatic rings. The smallest absolute Gasteiger partial charge is 0.293 e. The van der Waals surface area contributed by atoms with Crippen molar-refractivity contribution < 1.29 is 8.94 Å². The monoisotopic (exact) mass is 198 g/mol. The zero-order valence-electron chi connectivity index (χ0n) is 6.95. The lowest BCUT2D eigenvalue weighted by molar-refractivity contribution is 0.410. The largest absolute Gasteiger partial charge is 0.459 e. The molecule has 0 atom stereocenters. The van der Waals surface area contributed by atoms with Crippen LogP contribution < -0.4 is 0 Å². The summed E-state index contributed by atoms with van der Waals surface area (Å²) in [6.07, 6.45) is 1.58. The minimum Gasteiger partial charge on any atom is -0.459 e. The Kier molecular flexibility index (Phi) is 2.06. The Morgan fingerprint density at radius 2 is 2.38 bits per heavy atom. The van der Waals surface area contributed by atoms with E-state index in [0.29, 0.717) is 17.5 Å². The van der Waals surface area contributed by atoms with Gasteiger partial charge in [0.05, 0.1) is 12.1 Å². The Bertz CT molecular complexity index is 408. The molecule has 4 nitrogen and oxygen atoms in total. The van der Waals surface area contributed by atoms with E-state index >= 15 is 0 Å². The van der Waals surface area contributed by atoms with E-state index in [1.165, 1.54) is 0 Å². The van der Waals surface area contributed by atoms with Gasteiger partial charge in [-0.1, -0.05) is 5.16 Å². The summed E-state index contributed by atoms with van der Waals surface area (Å²) in [5.74, 6) is 1.68. The van der Waals surface area contributed by atoms with Gasteiger partial charge in [-0.2, -0.15) is 4.98 Å². The molecule has 68 valence electrons. The van der Waals surface area contributed by atoms with E-state index in [1.54, 1.807) is 6.26 Å². The lowest BCUT2D eigenvalue weighted by atomic mass is 10.3. The van der Waals surface area contributed by atoms with Crippen molar-refractivity contribution in [3.8, 4) is 11.7 Å². The first-order valence-electron chi connectivity index (χ1n) is 3.74. The van der Waals surface area contributed by atoms with Crippen LogP contribution in [0.5, 0.6) is 0 Å². The minimum absolute atomic E-state index is 0.239. The summed E-state index contributed by atoms with van der Waals surface area (Å²) in [4.78, 5) is 4.03. The molecule has 2 rings (SSSR count). The van der Waals surface area contributed by atoms with Crippen molar-refractivity contribution in [1.29, 1.82) is 0 Å². The van der Waals surface area contributed by atoms with Crippen LogP contribution in [0.4, 0.5) is 0 Å². The number of rotatable bonds is 2. The van der Waals surface area contributed by atoms with Crippen molar-refractivity contribution in [2.75, 3.05) is 0 Å². The Balaban J connectivity index is 2.41. The van der Waals surface area contributed by atoms with E-state index in [0.717, 1.165) is 5.56 Å². The van der Waals surface area contributed by atoms with Gasteiger partial charge in [-0.3, -0.25) is 0 Å². The Labute approximate surface area is 79.5 Å². The molecule has 2 heterocycles. The second-order valence-corrected chi connectivity index (χ2v) is 2.85. The summed E-state index contributed by atoms with van der Waals surface area (Å²) < 4.78 is 10.1. The van der Waals surface area contributed by atoms with Crippen LogP contribution in [0.3, 0.4) is 0 Å². The highest BCUT2D eigenvalue weighted by Gasteiger charge is 2.13. The van der Waals surface area contributed by atoms with Crippen molar-refractivity contribution in [3.63, 3.8) is 0 Å². The highest BCUT2D eigenvalue weighted by Crippen LogP contribution is 2.22. The van der Waals surface area contributed by atoms with E-state index in [-0.39, 0.29) is 5.88 Å². The molecule has 0 aromatic carbocycles. The van der Waals surface area contributed by atoms with Crippen LogP contribution in [0.15, 0.2) is 21.3 Å². The predicted octanol–water partition coefficient (Wildman–Crippen LogP) is 2.38. The van der Waals surface area contributed by atoms with Gasteiger partial charge in [0.15, 0.2) is 11.6 Å². The quantitative estimate of drug-likeness (QED) is 0.696. The first-order valence-corrected chi connectivity index (χ1v) is 4.27. The number of halogens is 1. The van der Waals surface area contributed by atoms with Gasteiger partial charge in [0.1, 0.15) is 0 Å². The lowest BCUT2D eigenvalue weighted by Crippen LogP contribution is -1.80. The van der Waals surface area contributed by atoms with Crippen molar-refractivity contribution in [2.45, 2.75) is 12.8 Å². The maximum absolute atomic E-state index is 5.53. The molecule has 5 heteroatoms. The van der Waals surface area contributed by atoms with Crippen molar-refractivity contribution in [1.82, 2.24) is 10.1 Å². The Hall–Kier alpha value is -1.29. The molecule has 0 unspecified atom stereocenters. The first-order chi connectivity index (χ1) is 6.31. The van der Waals surface area contributed by atoms with E-state index in [2.05, 4.69) is 10.1 Å². The van der Waals surface area contributed by atoms with Crippen LogP contribution in [-0.2, 0) is 5.88 Å². The molecule has 2 aromatic rings. The number of aromatic nitrogens is 2. The minimum atomic E-state index is 0.239. The molecule has 0 fully saturated rings. The Morgan fingerprint density at radius 3 is 2.92 bits per heavy atom. The SMILES string of the molecule is Cc1ccoc1-c1nc(CCl)no1. The summed E-state index contributed by atoms with van der Waals surface area (Å²) in [6.45, 7) is 1.91. The topological polar surface area (TPSA) is 52.1 Å². The molecule has 0 saturated heterocycles. The van der Waals surface area contributed by atoms with Gasteiger partial charge in [-0.15, -0.1) is 11.6 Å². The van der Waals surface area contributed by atoms with E-state index in [1.807, 2.05) is 13.0 Å². The third-order valence-electron chi connectivity index (χ3n) is 1.64. The van der Waals surface area contributed by atoms with E-state index in [9.17, 15) is 0 Å². The van der Waals surface area contributed by atoms with Gasteiger partial charge < -0.3 is 8.94 Å². The van der Waals surface area contributed by atoms with Gasteiger partial charge in [0, 0.05) is 5.56 Å². The van der Waals surface area contributed by atoms with Crippen LogP contribution in [0, 0.1) is 6.92 Å². The van der Waals surface area contributed by atoms with Crippen molar-refractivity contribution in [3.05, 3.63) is 23.7 Å². The fraction of sp³-hybridized carbons (Fsp3) is 0.250. The van der Waals surface area contributed by atoms with E-state index < -0.39 is 0 Å². The summed E-state index contributed by atoms with van der Waals surface area (Å²) in [6, 6.07) is 1.83. The van der Waals surface area contributed by atoms with Gasteiger partial charge in [-0.25, -0.2) is 0 Å². The van der Waals surface area contributed by atoms with Gasteiger partial charge in [-0.05, 0) is 13.0 Å². The zero-order valence-corrected chi connectivity index (χ0v) is 7.71. The molecule has 0 N–H and O–H groups in total.